The van der Waals surface area contributed by atoms with E-state index in [1.807, 2.05) is 31.2 Å². The second kappa shape index (κ2) is 10.9. The molecule has 0 amide bonds. The molecule has 1 fully saturated rings. The molecule has 0 atom stereocenters. The van der Waals surface area contributed by atoms with Gasteiger partial charge in [-0.15, -0.1) is 24.0 Å². The number of aryl methyl sites for hydroxylation is 1. The molecular formula is C19H28IN5O3S. The zero-order valence-electron chi connectivity index (χ0n) is 16.7. The summed E-state index contributed by atoms with van der Waals surface area (Å²) in [5.74, 6) is 1.76. The summed E-state index contributed by atoms with van der Waals surface area (Å²) < 4.78 is 28.5. The fourth-order valence-corrected chi connectivity index (χ4v) is 4.19. The first-order valence-electron chi connectivity index (χ1n) is 9.34. The Kier molecular flexibility index (Phi) is 8.90. The zero-order valence-corrected chi connectivity index (χ0v) is 19.9. The van der Waals surface area contributed by atoms with Crippen molar-refractivity contribution in [2.75, 3.05) is 44.7 Å². The van der Waals surface area contributed by atoms with Crippen molar-refractivity contribution in [3.8, 4) is 11.5 Å². The third-order valence-corrected chi connectivity index (χ3v) is 6.28. The smallest absolute Gasteiger partial charge is 0.226 e. The lowest BCUT2D eigenvalue weighted by atomic mass is 10.1. The van der Waals surface area contributed by atoms with Crippen LogP contribution >= 0.6 is 24.0 Å². The molecule has 29 heavy (non-hydrogen) atoms. The molecule has 1 aromatic heterocycles. The molecule has 3 rings (SSSR count). The highest BCUT2D eigenvalue weighted by Gasteiger charge is 2.20. The molecule has 10 heteroatoms. The first kappa shape index (κ1) is 23.6. The van der Waals surface area contributed by atoms with E-state index in [-0.39, 0.29) is 35.5 Å². The molecule has 0 radical (unpaired) electrons. The van der Waals surface area contributed by atoms with Crippen molar-refractivity contribution in [2.24, 2.45) is 4.99 Å². The molecule has 1 aliphatic heterocycles. The maximum atomic E-state index is 11.5. The minimum atomic E-state index is -2.84. The Hall–Kier alpha value is -1.66. The predicted molar refractivity (Wildman–Crippen MR) is 125 cm³/mol. The Morgan fingerprint density at radius 1 is 1.21 bits per heavy atom. The van der Waals surface area contributed by atoms with Crippen LogP contribution in [0.4, 0.5) is 0 Å². The topological polar surface area (TPSA) is 99.8 Å². The maximum absolute atomic E-state index is 11.5. The van der Waals surface area contributed by atoms with Crippen molar-refractivity contribution >= 4 is 39.8 Å². The van der Waals surface area contributed by atoms with E-state index >= 15 is 0 Å². The summed E-state index contributed by atoms with van der Waals surface area (Å²) in [5.41, 5.74) is 2.93. The van der Waals surface area contributed by atoms with Gasteiger partial charge in [0.25, 0.3) is 0 Å². The van der Waals surface area contributed by atoms with E-state index in [9.17, 15) is 8.42 Å². The summed E-state index contributed by atoms with van der Waals surface area (Å²) in [6.45, 7) is 5.19. The van der Waals surface area contributed by atoms with Crippen molar-refractivity contribution in [3.05, 3.63) is 41.8 Å². The van der Waals surface area contributed by atoms with Gasteiger partial charge in [-0.1, -0.05) is 17.7 Å². The van der Waals surface area contributed by atoms with Gasteiger partial charge in [-0.25, -0.2) is 13.4 Å². The summed E-state index contributed by atoms with van der Waals surface area (Å²) >= 11 is 0. The fourth-order valence-electron chi connectivity index (χ4n) is 2.92. The lowest BCUT2D eigenvalue weighted by Crippen LogP contribution is -2.45. The summed E-state index contributed by atoms with van der Waals surface area (Å²) in [6, 6.07) is 8.04. The number of hydrogen-bond donors (Lipinski definition) is 2. The SMILES string of the molecule is CN=C(NCCN1CCS(=O)(=O)CC1)NCc1coc(-c2ccc(C)cc2)n1.I. The monoisotopic (exact) mass is 533 g/mol. The zero-order chi connectivity index (χ0) is 20.0. The van der Waals surface area contributed by atoms with Gasteiger partial charge in [-0.05, 0) is 19.1 Å². The summed E-state index contributed by atoms with van der Waals surface area (Å²) in [4.78, 5) is 10.9. The van der Waals surface area contributed by atoms with Gasteiger partial charge < -0.3 is 15.1 Å². The predicted octanol–water partition coefficient (Wildman–Crippen LogP) is 1.66. The van der Waals surface area contributed by atoms with Crippen molar-refractivity contribution in [1.82, 2.24) is 20.5 Å². The molecule has 0 unspecified atom stereocenters. The summed E-state index contributed by atoms with van der Waals surface area (Å²) in [5, 5.41) is 6.45. The number of benzene rings is 1. The van der Waals surface area contributed by atoms with Crippen LogP contribution in [0.2, 0.25) is 0 Å². The highest BCUT2D eigenvalue weighted by molar-refractivity contribution is 14.0. The Balaban J connectivity index is 0.00000300. The summed E-state index contributed by atoms with van der Waals surface area (Å²) in [6.07, 6.45) is 1.64. The van der Waals surface area contributed by atoms with E-state index in [1.165, 1.54) is 5.56 Å². The fraction of sp³-hybridized carbons (Fsp3) is 0.474. The maximum Gasteiger partial charge on any atom is 0.226 e. The summed E-state index contributed by atoms with van der Waals surface area (Å²) in [7, 11) is -1.12. The second-order valence-corrected chi connectivity index (χ2v) is 9.16. The van der Waals surface area contributed by atoms with E-state index in [1.54, 1.807) is 13.3 Å². The van der Waals surface area contributed by atoms with Crippen LogP contribution in [0.3, 0.4) is 0 Å². The van der Waals surface area contributed by atoms with Gasteiger partial charge >= 0.3 is 0 Å². The largest absolute Gasteiger partial charge is 0.444 e. The second-order valence-electron chi connectivity index (χ2n) is 6.86. The molecule has 1 aromatic carbocycles. The minimum Gasteiger partial charge on any atom is -0.444 e. The molecule has 1 saturated heterocycles. The van der Waals surface area contributed by atoms with Gasteiger partial charge in [0, 0.05) is 38.8 Å². The third kappa shape index (κ3) is 7.27. The van der Waals surface area contributed by atoms with Crippen molar-refractivity contribution in [3.63, 3.8) is 0 Å². The van der Waals surface area contributed by atoms with Crippen LogP contribution in [0.25, 0.3) is 11.5 Å². The average molecular weight is 533 g/mol. The number of halogens is 1. The molecule has 2 N–H and O–H groups in total. The molecule has 0 spiro atoms. The van der Waals surface area contributed by atoms with Crippen LogP contribution in [0.15, 0.2) is 39.9 Å². The molecule has 2 heterocycles. The Bertz CT molecular complexity index is 898. The Morgan fingerprint density at radius 2 is 1.90 bits per heavy atom. The molecule has 0 saturated carbocycles. The number of oxazole rings is 1. The number of guanidine groups is 1. The van der Waals surface area contributed by atoms with Crippen LogP contribution in [0.5, 0.6) is 0 Å². The van der Waals surface area contributed by atoms with Crippen LogP contribution in [0, 0.1) is 6.92 Å². The first-order valence-corrected chi connectivity index (χ1v) is 11.2. The number of aromatic nitrogens is 1. The normalized spacial score (nSPS) is 16.8. The molecule has 8 nitrogen and oxygen atoms in total. The van der Waals surface area contributed by atoms with Crippen LogP contribution in [0.1, 0.15) is 11.3 Å². The molecule has 0 bridgehead atoms. The molecule has 0 aliphatic carbocycles. The number of aliphatic imine (C=N–C) groups is 1. The van der Waals surface area contributed by atoms with E-state index < -0.39 is 9.84 Å². The first-order chi connectivity index (χ1) is 13.4. The van der Waals surface area contributed by atoms with Crippen LogP contribution in [-0.2, 0) is 16.4 Å². The van der Waals surface area contributed by atoms with Gasteiger partial charge in [0.15, 0.2) is 15.8 Å². The average Bonchev–Trinajstić information content (AvgIpc) is 3.15. The number of hydrogen-bond acceptors (Lipinski definition) is 6. The van der Waals surface area contributed by atoms with Crippen molar-refractivity contribution in [1.29, 1.82) is 0 Å². The van der Waals surface area contributed by atoms with E-state index in [4.69, 9.17) is 4.42 Å². The lowest BCUT2D eigenvalue weighted by molar-refractivity contribution is 0.299. The lowest BCUT2D eigenvalue weighted by Gasteiger charge is -2.26. The third-order valence-electron chi connectivity index (χ3n) is 4.67. The number of nitrogens with one attached hydrogen (secondary N) is 2. The van der Waals surface area contributed by atoms with Gasteiger partial charge in [-0.2, -0.15) is 0 Å². The van der Waals surface area contributed by atoms with E-state index in [0.29, 0.717) is 38.0 Å². The van der Waals surface area contributed by atoms with Crippen molar-refractivity contribution in [2.45, 2.75) is 13.5 Å². The van der Waals surface area contributed by atoms with E-state index in [0.717, 1.165) is 17.8 Å². The Labute approximate surface area is 189 Å². The van der Waals surface area contributed by atoms with Gasteiger partial charge in [0.2, 0.25) is 5.89 Å². The van der Waals surface area contributed by atoms with Crippen molar-refractivity contribution < 1.29 is 12.8 Å². The number of sulfone groups is 1. The quantitative estimate of drug-likeness (QED) is 0.331. The highest BCUT2D eigenvalue weighted by atomic mass is 127. The van der Waals surface area contributed by atoms with Crippen LogP contribution < -0.4 is 10.6 Å². The highest BCUT2D eigenvalue weighted by Crippen LogP contribution is 2.18. The number of nitrogens with zero attached hydrogens (tertiary/aromatic N) is 3. The van der Waals surface area contributed by atoms with Gasteiger partial charge in [0.1, 0.15) is 6.26 Å². The molecule has 1 aliphatic rings. The van der Waals surface area contributed by atoms with Crippen LogP contribution in [-0.4, -0.2) is 69.0 Å². The molecule has 160 valence electrons. The minimum absolute atomic E-state index is 0. The van der Waals surface area contributed by atoms with Gasteiger partial charge in [0.05, 0.1) is 23.7 Å². The number of rotatable bonds is 6. The standard InChI is InChI=1S/C19H27N5O3S.HI/c1-15-3-5-16(6-4-15)18-23-17(14-27-18)13-22-19(20-2)21-7-8-24-9-11-28(25,26)12-10-24;/h3-6,14H,7-13H2,1-2H3,(H2,20,21,22);1H. The Morgan fingerprint density at radius 3 is 2.55 bits per heavy atom. The van der Waals surface area contributed by atoms with E-state index in [2.05, 4.69) is 25.5 Å². The molecule has 2 aromatic rings. The van der Waals surface area contributed by atoms with Gasteiger partial charge in [-0.3, -0.25) is 9.89 Å². The molecular weight excluding hydrogens is 505 g/mol.